The first-order chi connectivity index (χ1) is 15.7. The number of hydrogen-bond acceptors (Lipinski definition) is 4. The molecule has 0 fully saturated rings. The zero-order valence-corrected chi connectivity index (χ0v) is 20.9. The second kappa shape index (κ2) is 12.3. The minimum Gasteiger partial charge on any atom is -0.497 e. The van der Waals surface area contributed by atoms with Crippen molar-refractivity contribution in [1.29, 1.82) is 0 Å². The largest absolute Gasteiger partial charge is 0.497 e. The molecule has 5 nitrogen and oxygen atoms in total. The van der Waals surface area contributed by atoms with Gasteiger partial charge >= 0.3 is 0 Å². The molecule has 0 aliphatic carbocycles. The van der Waals surface area contributed by atoms with Gasteiger partial charge in [-0.25, -0.2) is 0 Å². The van der Waals surface area contributed by atoms with Crippen LogP contribution in [0.25, 0.3) is 0 Å². The van der Waals surface area contributed by atoms with E-state index in [1.54, 1.807) is 21.0 Å². The third kappa shape index (κ3) is 7.79. The summed E-state index contributed by atoms with van der Waals surface area (Å²) in [5.41, 5.74) is 11.0. The number of nitrogens with one attached hydrogen (secondary N) is 1. The Morgan fingerprint density at radius 3 is 2.36 bits per heavy atom. The Labute approximate surface area is 199 Å². The van der Waals surface area contributed by atoms with Gasteiger partial charge in [-0.3, -0.25) is 4.79 Å². The quantitative estimate of drug-likeness (QED) is 0.496. The molecule has 2 aromatic rings. The van der Waals surface area contributed by atoms with E-state index in [9.17, 15) is 4.79 Å². The third-order valence-electron chi connectivity index (χ3n) is 5.73. The number of rotatable bonds is 11. The minimum atomic E-state index is -0.932. The fourth-order valence-corrected chi connectivity index (χ4v) is 3.55. The van der Waals surface area contributed by atoms with Gasteiger partial charge in [-0.05, 0) is 57.4 Å². The van der Waals surface area contributed by atoms with Gasteiger partial charge in [0.25, 0.3) is 0 Å². The molecule has 1 amide bonds. The van der Waals surface area contributed by atoms with E-state index < -0.39 is 5.54 Å². The Morgan fingerprint density at radius 2 is 1.79 bits per heavy atom. The lowest BCUT2D eigenvalue weighted by Crippen LogP contribution is -2.50. The molecule has 0 saturated carbocycles. The smallest absolute Gasteiger partial charge is 0.239 e. The average molecular weight is 450 g/mol. The van der Waals surface area contributed by atoms with Gasteiger partial charge in [0.2, 0.25) is 5.91 Å². The fraction of sp³-hybridized carbons (Fsp3) is 0.393. The molecule has 3 N–H and O–H groups in total. The first kappa shape index (κ1) is 26.2. The highest BCUT2D eigenvalue weighted by Crippen LogP contribution is 2.26. The predicted molar refractivity (Wildman–Crippen MR) is 137 cm³/mol. The van der Waals surface area contributed by atoms with E-state index in [1.807, 2.05) is 25.1 Å². The van der Waals surface area contributed by atoms with Crippen LogP contribution in [0.4, 0.5) is 0 Å². The van der Waals surface area contributed by atoms with Crippen molar-refractivity contribution >= 4 is 5.91 Å². The summed E-state index contributed by atoms with van der Waals surface area (Å²) in [5.74, 6) is 0.650. The van der Waals surface area contributed by atoms with Crippen molar-refractivity contribution in [2.45, 2.75) is 59.5 Å². The first-order valence-electron chi connectivity index (χ1n) is 11.5. The number of nitrogens with zero attached hydrogens (tertiary/aromatic N) is 1. The van der Waals surface area contributed by atoms with Crippen LogP contribution in [-0.2, 0) is 17.8 Å². The van der Waals surface area contributed by atoms with Gasteiger partial charge in [0.1, 0.15) is 5.75 Å². The molecular weight excluding hydrogens is 410 g/mol. The van der Waals surface area contributed by atoms with Crippen molar-refractivity contribution in [3.8, 4) is 5.75 Å². The lowest BCUT2D eigenvalue weighted by molar-refractivity contribution is -0.125. The van der Waals surface area contributed by atoms with Crippen LogP contribution in [0.1, 0.15) is 52.2 Å². The van der Waals surface area contributed by atoms with Crippen LogP contribution in [0.15, 0.2) is 77.6 Å². The molecule has 0 spiro atoms. The molecule has 0 radical (unpaired) electrons. The third-order valence-corrected chi connectivity index (χ3v) is 5.73. The van der Waals surface area contributed by atoms with E-state index >= 15 is 0 Å². The summed E-state index contributed by atoms with van der Waals surface area (Å²) in [5, 5.41) is 3.02. The number of hydrogen-bond donors (Lipinski definition) is 2. The van der Waals surface area contributed by atoms with Crippen LogP contribution >= 0.6 is 0 Å². The van der Waals surface area contributed by atoms with Crippen LogP contribution in [0.2, 0.25) is 0 Å². The van der Waals surface area contributed by atoms with Crippen molar-refractivity contribution < 1.29 is 9.53 Å². The number of methoxy groups -OCH3 is 1. The summed E-state index contributed by atoms with van der Waals surface area (Å²) in [6, 6.07) is 18.6. The number of carbonyl (C=O) groups is 1. The van der Waals surface area contributed by atoms with E-state index in [-0.39, 0.29) is 5.91 Å². The zero-order valence-electron chi connectivity index (χ0n) is 20.9. The molecule has 33 heavy (non-hydrogen) atoms. The summed E-state index contributed by atoms with van der Waals surface area (Å²) in [6.07, 6.45) is 3.81. The number of amides is 1. The van der Waals surface area contributed by atoms with Crippen molar-refractivity contribution in [2.24, 2.45) is 5.73 Å². The molecule has 2 aromatic carbocycles. The molecular formula is C28H39N3O2. The molecule has 0 atom stereocenters. The van der Waals surface area contributed by atoms with E-state index in [0.29, 0.717) is 13.1 Å². The standard InChI is InChI=1S/C28H39N3O2/c1-7-21(3)26(18-22-13-10-9-11-14-22)31(20-23-15-12-16-25(17-23)33-6)24(8-2)19-30-27(32)28(4,5)29/h8-17H,7,18-20,29H2,1-6H3,(H,30,32)/b24-8+,26-21?. The first-order valence-corrected chi connectivity index (χ1v) is 11.5. The minimum absolute atomic E-state index is 0.177. The van der Waals surface area contributed by atoms with Crippen LogP contribution < -0.4 is 15.8 Å². The summed E-state index contributed by atoms with van der Waals surface area (Å²) >= 11 is 0. The molecule has 0 aliphatic heterocycles. The van der Waals surface area contributed by atoms with E-state index in [1.165, 1.54) is 16.8 Å². The lowest BCUT2D eigenvalue weighted by Gasteiger charge is -2.33. The lowest BCUT2D eigenvalue weighted by atomic mass is 10.0. The summed E-state index contributed by atoms with van der Waals surface area (Å²) in [7, 11) is 1.68. The number of benzene rings is 2. The molecule has 0 saturated heterocycles. The van der Waals surface area contributed by atoms with Crippen LogP contribution in [-0.4, -0.2) is 30.0 Å². The van der Waals surface area contributed by atoms with Gasteiger partial charge in [-0.15, -0.1) is 0 Å². The Morgan fingerprint density at radius 1 is 1.12 bits per heavy atom. The maximum absolute atomic E-state index is 12.5. The average Bonchev–Trinajstić information content (AvgIpc) is 2.81. The maximum atomic E-state index is 12.5. The topological polar surface area (TPSA) is 67.6 Å². The Hall–Kier alpha value is -3.05. The molecule has 5 heteroatoms. The zero-order chi connectivity index (χ0) is 24.4. The predicted octanol–water partition coefficient (Wildman–Crippen LogP) is 5.18. The molecule has 0 unspecified atom stereocenters. The normalized spacial score (nSPS) is 12.8. The molecule has 2 rings (SSSR count). The molecule has 178 valence electrons. The number of carbonyl (C=O) groups excluding carboxylic acids is 1. The summed E-state index contributed by atoms with van der Waals surface area (Å²) < 4.78 is 5.45. The van der Waals surface area contributed by atoms with Crippen LogP contribution in [0.5, 0.6) is 5.75 Å². The fourth-order valence-electron chi connectivity index (χ4n) is 3.55. The van der Waals surface area contributed by atoms with E-state index in [0.717, 1.165) is 29.9 Å². The molecule has 0 bridgehead atoms. The van der Waals surface area contributed by atoms with E-state index in [4.69, 9.17) is 10.5 Å². The van der Waals surface area contributed by atoms with Crippen molar-refractivity contribution in [1.82, 2.24) is 10.2 Å². The summed E-state index contributed by atoms with van der Waals surface area (Å²) in [6.45, 7) is 10.9. The highest BCUT2D eigenvalue weighted by Gasteiger charge is 2.23. The van der Waals surface area contributed by atoms with E-state index in [2.05, 4.69) is 66.5 Å². The molecule has 0 aromatic heterocycles. The molecule has 0 aliphatic rings. The van der Waals surface area contributed by atoms with Crippen LogP contribution in [0.3, 0.4) is 0 Å². The highest BCUT2D eigenvalue weighted by atomic mass is 16.5. The van der Waals surface area contributed by atoms with Gasteiger partial charge in [-0.2, -0.15) is 0 Å². The Kier molecular flexibility index (Phi) is 9.74. The monoisotopic (exact) mass is 449 g/mol. The van der Waals surface area contributed by atoms with Gasteiger partial charge < -0.3 is 20.7 Å². The SMILES string of the molecule is C/C=C(\CNC(=O)C(C)(C)N)N(Cc1cccc(OC)c1)C(Cc1ccccc1)=C(C)CC. The van der Waals surface area contributed by atoms with Crippen molar-refractivity contribution in [3.05, 3.63) is 88.8 Å². The Bertz CT molecular complexity index is 972. The van der Waals surface area contributed by atoms with Gasteiger partial charge in [0.05, 0.1) is 19.2 Å². The number of nitrogens with two attached hydrogens (primary N) is 1. The second-order valence-electron chi connectivity index (χ2n) is 8.87. The Balaban J connectivity index is 2.47. The second-order valence-corrected chi connectivity index (χ2v) is 8.87. The van der Waals surface area contributed by atoms with Crippen LogP contribution in [0, 0.1) is 0 Å². The van der Waals surface area contributed by atoms with Gasteiger partial charge in [0.15, 0.2) is 0 Å². The van der Waals surface area contributed by atoms with Gasteiger partial charge in [-0.1, -0.05) is 61.0 Å². The summed E-state index contributed by atoms with van der Waals surface area (Å²) in [4.78, 5) is 14.8. The number of ether oxygens (including phenoxy) is 1. The van der Waals surface area contributed by atoms with Crippen molar-refractivity contribution in [3.63, 3.8) is 0 Å². The number of allylic oxidation sites excluding steroid dienone is 3. The van der Waals surface area contributed by atoms with Gasteiger partial charge in [0, 0.05) is 24.4 Å². The molecule has 0 heterocycles. The maximum Gasteiger partial charge on any atom is 0.239 e. The van der Waals surface area contributed by atoms with Crippen molar-refractivity contribution in [2.75, 3.05) is 13.7 Å². The highest BCUT2D eigenvalue weighted by molar-refractivity contribution is 5.85.